The van der Waals surface area contributed by atoms with E-state index in [2.05, 4.69) is 31.4 Å². The van der Waals surface area contributed by atoms with Crippen LogP contribution in [0.2, 0.25) is 0 Å². The van der Waals surface area contributed by atoms with Gasteiger partial charge >= 0.3 is 0 Å². The lowest BCUT2D eigenvalue weighted by Gasteiger charge is -2.05. The zero-order chi connectivity index (χ0) is 14.5. The summed E-state index contributed by atoms with van der Waals surface area (Å²) in [6.45, 7) is 0.288. The Bertz CT molecular complexity index is 629. The molecule has 0 saturated heterocycles. The molecular formula is C11H9BrN4O4. The van der Waals surface area contributed by atoms with Crippen LogP contribution < -0.4 is 5.32 Å². The van der Waals surface area contributed by atoms with E-state index in [4.69, 9.17) is 4.52 Å². The molecule has 0 bridgehead atoms. The molecule has 0 atom stereocenters. The summed E-state index contributed by atoms with van der Waals surface area (Å²) in [4.78, 5) is 26.0. The summed E-state index contributed by atoms with van der Waals surface area (Å²) in [5, 5.41) is 16.8. The first-order valence-electron chi connectivity index (χ1n) is 5.56. The molecule has 0 fully saturated rings. The van der Waals surface area contributed by atoms with Gasteiger partial charge in [0.1, 0.15) is 4.47 Å². The van der Waals surface area contributed by atoms with Gasteiger partial charge in [-0.25, -0.2) is 0 Å². The fraction of sp³-hybridized carbons (Fsp3) is 0.182. The minimum atomic E-state index is -0.556. The number of nitrogens with zero attached hydrogens (tertiary/aromatic N) is 3. The van der Waals surface area contributed by atoms with Crippen molar-refractivity contribution in [2.75, 3.05) is 6.54 Å². The van der Waals surface area contributed by atoms with Gasteiger partial charge in [0, 0.05) is 19.0 Å². The molecule has 0 radical (unpaired) electrons. The molecule has 0 unspecified atom stereocenters. The molecule has 0 saturated carbocycles. The first kappa shape index (κ1) is 14.1. The molecule has 1 N–H and O–H groups in total. The van der Waals surface area contributed by atoms with E-state index >= 15 is 0 Å². The number of nitrogens with one attached hydrogen (secondary N) is 1. The van der Waals surface area contributed by atoms with E-state index in [1.165, 1.54) is 24.5 Å². The van der Waals surface area contributed by atoms with E-state index in [1.807, 2.05) is 0 Å². The van der Waals surface area contributed by atoms with Crippen molar-refractivity contribution in [3.8, 4) is 0 Å². The number of amides is 1. The molecular weight excluding hydrogens is 332 g/mol. The quantitative estimate of drug-likeness (QED) is 0.655. The highest BCUT2D eigenvalue weighted by Gasteiger charge is 2.19. The Kier molecular flexibility index (Phi) is 4.41. The average molecular weight is 341 g/mol. The smallest absolute Gasteiger partial charge is 0.284 e. The molecule has 104 valence electrons. The van der Waals surface area contributed by atoms with Gasteiger partial charge in [-0.15, -0.1) is 0 Å². The summed E-state index contributed by atoms with van der Waals surface area (Å²) < 4.78 is 4.94. The predicted molar refractivity (Wildman–Crippen MR) is 71.1 cm³/mol. The maximum Gasteiger partial charge on any atom is 0.284 e. The second kappa shape index (κ2) is 6.24. The Labute approximate surface area is 121 Å². The summed E-state index contributed by atoms with van der Waals surface area (Å²) in [6.07, 6.45) is 1.66. The number of benzene rings is 1. The molecule has 0 aliphatic carbocycles. The van der Waals surface area contributed by atoms with Crippen LogP contribution in [-0.4, -0.2) is 27.5 Å². The van der Waals surface area contributed by atoms with E-state index < -0.39 is 10.8 Å². The average Bonchev–Trinajstić information content (AvgIpc) is 2.91. The Morgan fingerprint density at radius 1 is 1.50 bits per heavy atom. The highest BCUT2D eigenvalue weighted by atomic mass is 79.9. The monoisotopic (exact) mass is 340 g/mol. The third kappa shape index (κ3) is 3.18. The van der Waals surface area contributed by atoms with Crippen LogP contribution in [-0.2, 0) is 6.42 Å². The van der Waals surface area contributed by atoms with Crippen molar-refractivity contribution >= 4 is 27.5 Å². The Morgan fingerprint density at radius 3 is 2.95 bits per heavy atom. The van der Waals surface area contributed by atoms with Crippen molar-refractivity contribution in [1.82, 2.24) is 15.5 Å². The summed E-state index contributed by atoms with van der Waals surface area (Å²) >= 11 is 3.07. The van der Waals surface area contributed by atoms with Crippen molar-refractivity contribution < 1.29 is 14.2 Å². The van der Waals surface area contributed by atoms with Gasteiger partial charge in [-0.2, -0.15) is 4.98 Å². The van der Waals surface area contributed by atoms with E-state index in [9.17, 15) is 14.9 Å². The van der Waals surface area contributed by atoms with Crippen LogP contribution in [0, 0.1) is 10.1 Å². The summed E-state index contributed by atoms with van der Waals surface area (Å²) in [6, 6.07) is 4.27. The lowest BCUT2D eigenvalue weighted by Crippen LogP contribution is -2.26. The number of hydrogen-bond acceptors (Lipinski definition) is 6. The van der Waals surface area contributed by atoms with E-state index in [0.717, 1.165) is 0 Å². The number of nitro groups is 1. The minimum Gasteiger partial charge on any atom is -0.351 e. The van der Waals surface area contributed by atoms with Gasteiger partial charge in [-0.1, -0.05) is 11.2 Å². The Balaban J connectivity index is 2.02. The van der Waals surface area contributed by atoms with Gasteiger partial charge in [-0.3, -0.25) is 14.9 Å². The molecule has 2 rings (SSSR count). The number of aromatic nitrogens is 2. The van der Waals surface area contributed by atoms with Gasteiger partial charge in [0.25, 0.3) is 11.6 Å². The van der Waals surface area contributed by atoms with E-state index in [0.29, 0.717) is 12.3 Å². The van der Waals surface area contributed by atoms with Gasteiger partial charge in [-0.05, 0) is 22.0 Å². The highest BCUT2D eigenvalue weighted by molar-refractivity contribution is 9.10. The van der Waals surface area contributed by atoms with Crippen molar-refractivity contribution in [2.45, 2.75) is 6.42 Å². The predicted octanol–water partition coefficient (Wildman–Crippen LogP) is 1.71. The number of rotatable bonds is 5. The van der Waals surface area contributed by atoms with Crippen molar-refractivity contribution in [3.05, 3.63) is 50.6 Å². The molecule has 8 nitrogen and oxygen atoms in total. The zero-order valence-corrected chi connectivity index (χ0v) is 11.7. The molecule has 0 aliphatic rings. The first-order chi connectivity index (χ1) is 9.59. The third-order valence-electron chi connectivity index (χ3n) is 2.45. The van der Waals surface area contributed by atoms with Crippen LogP contribution in [0.15, 0.2) is 33.5 Å². The van der Waals surface area contributed by atoms with Crippen LogP contribution in [0.25, 0.3) is 0 Å². The largest absolute Gasteiger partial charge is 0.351 e. The van der Waals surface area contributed by atoms with Gasteiger partial charge in [0.2, 0.25) is 5.89 Å². The van der Waals surface area contributed by atoms with Crippen LogP contribution in [0.3, 0.4) is 0 Å². The maximum absolute atomic E-state index is 11.9. The third-order valence-corrected chi connectivity index (χ3v) is 3.28. The van der Waals surface area contributed by atoms with Crippen LogP contribution >= 0.6 is 15.9 Å². The molecule has 20 heavy (non-hydrogen) atoms. The standard InChI is InChI=1S/C11H9BrN4O4/c12-10-7(2-1-3-8(10)16(18)19)11(17)13-5-4-9-14-6-15-20-9/h1-3,6H,4-5H2,(H,13,17). The Morgan fingerprint density at radius 2 is 2.30 bits per heavy atom. The second-order valence-electron chi connectivity index (χ2n) is 3.74. The molecule has 0 spiro atoms. The molecule has 1 aromatic heterocycles. The molecule has 1 heterocycles. The van der Waals surface area contributed by atoms with E-state index in [-0.39, 0.29) is 22.3 Å². The van der Waals surface area contributed by atoms with E-state index in [1.54, 1.807) is 0 Å². The van der Waals surface area contributed by atoms with Crippen LogP contribution in [0.5, 0.6) is 0 Å². The van der Waals surface area contributed by atoms with Crippen molar-refractivity contribution in [3.63, 3.8) is 0 Å². The van der Waals surface area contributed by atoms with Crippen molar-refractivity contribution in [2.24, 2.45) is 0 Å². The first-order valence-corrected chi connectivity index (χ1v) is 6.35. The molecule has 0 aliphatic heterocycles. The highest BCUT2D eigenvalue weighted by Crippen LogP contribution is 2.28. The van der Waals surface area contributed by atoms with Gasteiger partial charge in [0.15, 0.2) is 6.33 Å². The summed E-state index contributed by atoms with van der Waals surface area (Å²) in [7, 11) is 0. The van der Waals surface area contributed by atoms with Crippen LogP contribution in [0.4, 0.5) is 5.69 Å². The number of carbonyl (C=O) groups is 1. The summed E-state index contributed by atoms with van der Waals surface area (Å²) in [5.74, 6) is -0.0106. The number of nitro benzene ring substituents is 1. The number of carbonyl (C=O) groups excluding carboxylic acids is 1. The normalized spacial score (nSPS) is 10.2. The van der Waals surface area contributed by atoms with Crippen molar-refractivity contribution in [1.29, 1.82) is 0 Å². The molecule has 2 aromatic rings. The Hall–Kier alpha value is -2.29. The fourth-order valence-corrected chi connectivity index (χ4v) is 2.11. The lowest BCUT2D eigenvalue weighted by atomic mass is 10.2. The van der Waals surface area contributed by atoms with Crippen LogP contribution in [0.1, 0.15) is 16.2 Å². The number of hydrogen-bond donors (Lipinski definition) is 1. The maximum atomic E-state index is 11.9. The molecule has 1 amide bonds. The minimum absolute atomic E-state index is 0.153. The fourth-order valence-electron chi connectivity index (χ4n) is 1.52. The second-order valence-corrected chi connectivity index (χ2v) is 4.53. The SMILES string of the molecule is O=C(NCCc1ncno1)c1cccc([N+](=O)[O-])c1Br. The summed E-state index contributed by atoms with van der Waals surface area (Å²) in [5.41, 5.74) is 0.0410. The zero-order valence-electron chi connectivity index (χ0n) is 10.1. The molecule has 1 aromatic carbocycles. The molecule has 9 heteroatoms. The van der Waals surface area contributed by atoms with Gasteiger partial charge < -0.3 is 9.84 Å². The number of halogens is 1. The lowest BCUT2D eigenvalue weighted by molar-refractivity contribution is -0.385. The van der Waals surface area contributed by atoms with Gasteiger partial charge in [0.05, 0.1) is 10.5 Å². The topological polar surface area (TPSA) is 111 Å².